The topological polar surface area (TPSA) is 63.9 Å². The van der Waals surface area contributed by atoms with Crippen molar-refractivity contribution in [2.24, 2.45) is 0 Å². The van der Waals surface area contributed by atoms with Crippen LogP contribution in [0.15, 0.2) is 29.2 Å². The Kier molecular flexibility index (Phi) is 4.94. The summed E-state index contributed by atoms with van der Waals surface area (Å²) in [5, 5.41) is 0. The molecule has 128 valence electrons. The van der Waals surface area contributed by atoms with Gasteiger partial charge in [-0.1, -0.05) is 6.07 Å². The second-order valence-corrected chi connectivity index (χ2v) is 6.34. The highest BCUT2D eigenvalue weighted by Gasteiger charge is 2.19. The van der Waals surface area contributed by atoms with Crippen molar-refractivity contribution < 1.29 is 9.53 Å². The molecule has 0 radical (unpaired) electrons. The summed E-state index contributed by atoms with van der Waals surface area (Å²) in [6.45, 7) is 3.28. The molecule has 1 aliphatic rings. The van der Waals surface area contributed by atoms with E-state index in [1.54, 1.807) is 18.0 Å². The average molecular weight is 329 g/mol. The number of carbonyl (C=O) groups is 1. The van der Waals surface area contributed by atoms with Crippen molar-refractivity contribution in [2.75, 3.05) is 20.2 Å². The normalized spacial score (nSPS) is 17.3. The number of pyridine rings is 1. The molecule has 0 bridgehead atoms. The van der Waals surface area contributed by atoms with Crippen LogP contribution >= 0.6 is 0 Å². The van der Waals surface area contributed by atoms with Crippen LogP contribution in [-0.2, 0) is 4.74 Å². The molecule has 24 heavy (non-hydrogen) atoms. The predicted molar refractivity (Wildman–Crippen MR) is 91.4 cm³/mol. The quantitative estimate of drug-likeness (QED) is 0.842. The van der Waals surface area contributed by atoms with Gasteiger partial charge >= 0.3 is 0 Å². The summed E-state index contributed by atoms with van der Waals surface area (Å²) < 4.78 is 7.07. The summed E-state index contributed by atoms with van der Waals surface area (Å²) in [6, 6.07) is 5.43. The molecule has 0 spiro atoms. The number of aryl methyl sites for hydroxylation is 1. The molecule has 2 aromatic rings. The smallest absolute Gasteiger partial charge is 0.270 e. The zero-order valence-electron chi connectivity index (χ0n) is 14.2. The van der Waals surface area contributed by atoms with Gasteiger partial charge < -0.3 is 9.64 Å². The SMILES string of the molecule is Cc1cccc2ncc(C(=O)N(C)CCC[C@H]3CCCO3)c(=O)n12. The lowest BCUT2D eigenvalue weighted by molar-refractivity contribution is 0.0761. The summed E-state index contributed by atoms with van der Waals surface area (Å²) in [5.74, 6) is -0.280. The van der Waals surface area contributed by atoms with Gasteiger partial charge in [0.2, 0.25) is 0 Å². The Balaban J connectivity index is 1.72. The van der Waals surface area contributed by atoms with Crippen LogP contribution < -0.4 is 5.56 Å². The van der Waals surface area contributed by atoms with Crippen molar-refractivity contribution >= 4 is 11.6 Å². The number of carbonyl (C=O) groups excluding carboxylic acids is 1. The number of rotatable bonds is 5. The Hall–Kier alpha value is -2.21. The van der Waals surface area contributed by atoms with Crippen LogP contribution in [0.4, 0.5) is 0 Å². The highest BCUT2D eigenvalue weighted by molar-refractivity contribution is 5.93. The van der Waals surface area contributed by atoms with E-state index in [-0.39, 0.29) is 17.0 Å². The first-order chi connectivity index (χ1) is 11.6. The van der Waals surface area contributed by atoms with E-state index in [9.17, 15) is 9.59 Å². The fourth-order valence-electron chi connectivity index (χ4n) is 3.16. The van der Waals surface area contributed by atoms with Crippen molar-refractivity contribution in [1.82, 2.24) is 14.3 Å². The summed E-state index contributed by atoms with van der Waals surface area (Å²) >= 11 is 0. The maximum Gasteiger partial charge on any atom is 0.270 e. The number of aromatic nitrogens is 2. The molecule has 0 unspecified atom stereocenters. The third-order valence-electron chi connectivity index (χ3n) is 4.54. The van der Waals surface area contributed by atoms with E-state index >= 15 is 0 Å². The molecule has 1 atom stereocenters. The van der Waals surface area contributed by atoms with Crippen LogP contribution in [0.5, 0.6) is 0 Å². The van der Waals surface area contributed by atoms with E-state index in [1.165, 1.54) is 10.6 Å². The molecule has 1 aliphatic heterocycles. The van der Waals surface area contributed by atoms with Gasteiger partial charge in [0.25, 0.3) is 11.5 Å². The Morgan fingerprint density at radius 2 is 2.29 bits per heavy atom. The van der Waals surface area contributed by atoms with E-state index in [0.717, 1.165) is 38.0 Å². The molecule has 6 heteroatoms. The molecule has 0 aromatic carbocycles. The van der Waals surface area contributed by atoms with Crippen LogP contribution in [0.25, 0.3) is 5.65 Å². The van der Waals surface area contributed by atoms with E-state index in [2.05, 4.69) is 4.98 Å². The van der Waals surface area contributed by atoms with Crippen molar-refractivity contribution in [3.63, 3.8) is 0 Å². The first kappa shape index (κ1) is 16.6. The molecule has 1 fully saturated rings. The van der Waals surface area contributed by atoms with Crippen LogP contribution in [0.2, 0.25) is 0 Å². The van der Waals surface area contributed by atoms with E-state index in [0.29, 0.717) is 18.3 Å². The van der Waals surface area contributed by atoms with Crippen molar-refractivity contribution in [1.29, 1.82) is 0 Å². The van der Waals surface area contributed by atoms with Gasteiger partial charge in [0, 0.05) is 32.1 Å². The minimum absolute atomic E-state index is 0.112. The summed E-state index contributed by atoms with van der Waals surface area (Å²) in [6.07, 6.45) is 5.75. The van der Waals surface area contributed by atoms with E-state index in [1.807, 2.05) is 19.1 Å². The van der Waals surface area contributed by atoms with E-state index < -0.39 is 0 Å². The third kappa shape index (κ3) is 3.33. The highest BCUT2D eigenvalue weighted by Crippen LogP contribution is 2.17. The van der Waals surface area contributed by atoms with Crippen molar-refractivity contribution in [3.8, 4) is 0 Å². The Bertz CT molecular complexity index is 794. The van der Waals surface area contributed by atoms with E-state index in [4.69, 9.17) is 4.74 Å². The molecular formula is C18H23N3O3. The molecule has 2 aromatic heterocycles. The average Bonchev–Trinajstić information content (AvgIpc) is 3.08. The van der Waals surface area contributed by atoms with Gasteiger partial charge in [0.15, 0.2) is 0 Å². The van der Waals surface area contributed by atoms with Gasteiger partial charge in [-0.25, -0.2) is 4.98 Å². The molecule has 3 heterocycles. The molecule has 3 rings (SSSR count). The third-order valence-corrected chi connectivity index (χ3v) is 4.54. The number of nitrogens with zero attached hydrogens (tertiary/aromatic N) is 3. The second kappa shape index (κ2) is 7.13. The number of fused-ring (bicyclic) bond motifs is 1. The zero-order chi connectivity index (χ0) is 17.1. The summed E-state index contributed by atoms with van der Waals surface area (Å²) in [4.78, 5) is 31.1. The first-order valence-corrected chi connectivity index (χ1v) is 8.42. The zero-order valence-corrected chi connectivity index (χ0v) is 14.2. The fraction of sp³-hybridized carbons (Fsp3) is 0.500. The van der Waals surface area contributed by atoms with Gasteiger partial charge in [-0.15, -0.1) is 0 Å². The molecule has 0 saturated carbocycles. The van der Waals surface area contributed by atoms with Gasteiger partial charge in [0.05, 0.1) is 6.10 Å². The minimum Gasteiger partial charge on any atom is -0.378 e. The monoisotopic (exact) mass is 329 g/mol. The summed E-state index contributed by atoms with van der Waals surface area (Å²) in [5.41, 5.74) is 1.12. The molecule has 0 aliphatic carbocycles. The standard InChI is InChI=1S/C18H23N3O3/c1-13-6-3-9-16-19-12-15(18(23)21(13)16)17(22)20(2)10-4-7-14-8-5-11-24-14/h3,6,9,12,14H,4-5,7-8,10-11H2,1-2H3/t14-/m0/s1. The van der Waals surface area contributed by atoms with Crippen LogP contribution in [-0.4, -0.2) is 46.5 Å². The maximum absolute atomic E-state index is 12.6. The fourth-order valence-corrected chi connectivity index (χ4v) is 3.16. The summed E-state index contributed by atoms with van der Waals surface area (Å²) in [7, 11) is 1.73. The molecule has 1 saturated heterocycles. The second-order valence-electron chi connectivity index (χ2n) is 6.34. The maximum atomic E-state index is 12.6. The van der Waals surface area contributed by atoms with Gasteiger partial charge in [-0.05, 0) is 44.7 Å². The molecule has 6 nitrogen and oxygen atoms in total. The number of ether oxygens (including phenoxy) is 1. The van der Waals surface area contributed by atoms with Crippen LogP contribution in [0, 0.1) is 6.92 Å². The Morgan fingerprint density at radius 3 is 3.04 bits per heavy atom. The van der Waals surface area contributed by atoms with Gasteiger partial charge in [0.1, 0.15) is 11.2 Å². The van der Waals surface area contributed by atoms with Crippen molar-refractivity contribution in [2.45, 2.75) is 38.7 Å². The number of amides is 1. The number of hydrogen-bond acceptors (Lipinski definition) is 4. The predicted octanol–water partition coefficient (Wildman–Crippen LogP) is 2.03. The van der Waals surface area contributed by atoms with Crippen LogP contribution in [0.3, 0.4) is 0 Å². The Labute approximate surface area is 141 Å². The van der Waals surface area contributed by atoms with Crippen molar-refractivity contribution in [3.05, 3.63) is 46.0 Å². The van der Waals surface area contributed by atoms with Gasteiger partial charge in [-0.2, -0.15) is 0 Å². The largest absolute Gasteiger partial charge is 0.378 e. The van der Waals surface area contributed by atoms with Crippen LogP contribution in [0.1, 0.15) is 41.7 Å². The lowest BCUT2D eigenvalue weighted by atomic mass is 10.1. The lowest BCUT2D eigenvalue weighted by Crippen LogP contribution is -2.34. The molecular weight excluding hydrogens is 306 g/mol. The molecule has 1 amide bonds. The number of hydrogen-bond donors (Lipinski definition) is 0. The Morgan fingerprint density at radius 1 is 1.46 bits per heavy atom. The molecule has 0 N–H and O–H groups in total. The van der Waals surface area contributed by atoms with Gasteiger partial charge in [-0.3, -0.25) is 14.0 Å². The highest BCUT2D eigenvalue weighted by atomic mass is 16.5. The first-order valence-electron chi connectivity index (χ1n) is 8.42. The minimum atomic E-state index is -0.311. The lowest BCUT2D eigenvalue weighted by Gasteiger charge is -2.18.